The third-order valence-corrected chi connectivity index (χ3v) is 5.25. The highest BCUT2D eigenvalue weighted by atomic mass is 35.5. The molecule has 4 rings (SSSR count). The molecule has 1 amide bonds. The van der Waals surface area contributed by atoms with Crippen molar-refractivity contribution in [2.24, 2.45) is 0 Å². The normalized spacial score (nSPS) is 10.5. The number of nitrogens with one attached hydrogen (secondary N) is 1. The molecule has 0 spiro atoms. The van der Waals surface area contributed by atoms with Gasteiger partial charge in [-0.3, -0.25) is 15.1 Å². The van der Waals surface area contributed by atoms with Gasteiger partial charge in [-0.2, -0.15) is 10.4 Å². The average molecular weight is 421 g/mol. The summed E-state index contributed by atoms with van der Waals surface area (Å²) in [7, 11) is 0. The molecule has 7 nitrogen and oxygen atoms in total. The molecule has 0 aliphatic carbocycles. The first kappa shape index (κ1) is 18.8. The van der Waals surface area contributed by atoms with Gasteiger partial charge in [0.15, 0.2) is 5.13 Å². The molecule has 3 aromatic heterocycles. The number of nitrogens with zero attached hydrogens (tertiary/aromatic N) is 5. The van der Waals surface area contributed by atoms with Crippen LogP contribution in [-0.4, -0.2) is 25.7 Å². The molecule has 0 fully saturated rings. The van der Waals surface area contributed by atoms with Crippen molar-refractivity contribution < 1.29 is 4.79 Å². The summed E-state index contributed by atoms with van der Waals surface area (Å²) < 4.78 is 1.56. The highest BCUT2D eigenvalue weighted by Gasteiger charge is 2.18. The molecule has 4 aromatic rings. The quantitative estimate of drug-likeness (QED) is 0.521. The van der Waals surface area contributed by atoms with E-state index in [0.29, 0.717) is 28.6 Å². The molecule has 3 heterocycles. The smallest absolute Gasteiger partial charge is 0.262 e. The van der Waals surface area contributed by atoms with Crippen molar-refractivity contribution in [2.75, 3.05) is 5.32 Å². The maximum absolute atomic E-state index is 12.6. The number of rotatable bonds is 5. The highest BCUT2D eigenvalue weighted by molar-refractivity contribution is 7.14. The summed E-state index contributed by atoms with van der Waals surface area (Å²) in [6.07, 6.45) is 3.02. The van der Waals surface area contributed by atoms with Gasteiger partial charge in [0.1, 0.15) is 22.6 Å². The zero-order valence-electron chi connectivity index (χ0n) is 14.9. The van der Waals surface area contributed by atoms with E-state index in [9.17, 15) is 10.1 Å². The van der Waals surface area contributed by atoms with E-state index in [-0.39, 0.29) is 10.7 Å². The first-order valence-corrected chi connectivity index (χ1v) is 9.79. The minimum Gasteiger partial charge on any atom is -0.298 e. The van der Waals surface area contributed by atoms with Crippen molar-refractivity contribution in [1.82, 2.24) is 19.7 Å². The maximum Gasteiger partial charge on any atom is 0.262 e. The number of pyridine rings is 1. The molecule has 0 aliphatic rings. The van der Waals surface area contributed by atoms with E-state index >= 15 is 0 Å². The predicted octanol–water partition coefficient (Wildman–Crippen LogP) is 4.23. The Bertz CT molecular complexity index is 1210. The second kappa shape index (κ2) is 8.22. The lowest BCUT2D eigenvalue weighted by atomic mass is 10.2. The van der Waals surface area contributed by atoms with Crippen LogP contribution in [0.1, 0.15) is 21.5 Å². The fourth-order valence-electron chi connectivity index (χ4n) is 2.69. The zero-order valence-corrected chi connectivity index (χ0v) is 16.5. The standard InChI is InChI=1S/C20H13ClN6OS/c21-18-15(10-24-27(18)11-13-5-2-1-3-6-13)19(28)26-20-25-16(12-29-20)17-14(9-22)7-4-8-23-17/h1-8,10,12H,11H2,(H,25,26,28). The highest BCUT2D eigenvalue weighted by Crippen LogP contribution is 2.26. The molecule has 0 aliphatic heterocycles. The van der Waals surface area contributed by atoms with Crippen LogP contribution in [0.3, 0.4) is 0 Å². The van der Waals surface area contributed by atoms with E-state index in [0.717, 1.165) is 5.56 Å². The van der Waals surface area contributed by atoms with E-state index in [1.165, 1.54) is 17.5 Å². The summed E-state index contributed by atoms with van der Waals surface area (Å²) in [5.41, 5.74) is 2.70. The summed E-state index contributed by atoms with van der Waals surface area (Å²) in [5, 5.41) is 18.5. The summed E-state index contributed by atoms with van der Waals surface area (Å²) in [6, 6.07) is 15.2. The number of nitriles is 1. The summed E-state index contributed by atoms with van der Waals surface area (Å²) >= 11 is 7.59. The van der Waals surface area contributed by atoms with Crippen LogP contribution in [0.4, 0.5) is 5.13 Å². The Morgan fingerprint density at radius 1 is 1.24 bits per heavy atom. The van der Waals surface area contributed by atoms with Gasteiger partial charge in [0.05, 0.1) is 23.9 Å². The Balaban J connectivity index is 1.51. The average Bonchev–Trinajstić information content (AvgIpc) is 3.36. The molecular formula is C20H13ClN6OS. The Kier molecular flexibility index (Phi) is 5.33. The topological polar surface area (TPSA) is 96.5 Å². The van der Waals surface area contributed by atoms with E-state index in [1.54, 1.807) is 28.4 Å². The molecule has 0 bridgehead atoms. The van der Waals surface area contributed by atoms with E-state index in [4.69, 9.17) is 11.6 Å². The SMILES string of the molecule is N#Cc1cccnc1-c1csc(NC(=O)c2cnn(Cc3ccccc3)c2Cl)n1. The van der Waals surface area contributed by atoms with Gasteiger partial charge in [0.2, 0.25) is 0 Å². The lowest BCUT2D eigenvalue weighted by Gasteiger charge is -2.04. The largest absolute Gasteiger partial charge is 0.298 e. The second-order valence-corrected chi connectivity index (χ2v) is 7.21. The first-order chi connectivity index (χ1) is 14.2. The molecule has 0 unspecified atom stereocenters. The second-order valence-electron chi connectivity index (χ2n) is 6.00. The van der Waals surface area contributed by atoms with Gasteiger partial charge in [-0.15, -0.1) is 11.3 Å². The molecule has 0 radical (unpaired) electrons. The number of carbonyl (C=O) groups excluding carboxylic acids is 1. The van der Waals surface area contributed by atoms with Crippen LogP contribution in [0.25, 0.3) is 11.4 Å². The van der Waals surface area contributed by atoms with Crippen LogP contribution in [0.15, 0.2) is 60.2 Å². The third-order valence-electron chi connectivity index (χ3n) is 4.09. The van der Waals surface area contributed by atoms with Crippen molar-refractivity contribution >= 4 is 34.0 Å². The van der Waals surface area contributed by atoms with Gasteiger partial charge in [0.25, 0.3) is 5.91 Å². The summed E-state index contributed by atoms with van der Waals surface area (Å²) in [5.74, 6) is -0.406. The monoisotopic (exact) mass is 420 g/mol. The van der Waals surface area contributed by atoms with Crippen molar-refractivity contribution in [3.63, 3.8) is 0 Å². The Morgan fingerprint density at radius 3 is 2.86 bits per heavy atom. The number of benzene rings is 1. The lowest BCUT2D eigenvalue weighted by molar-refractivity contribution is 0.102. The number of hydrogen-bond donors (Lipinski definition) is 1. The Morgan fingerprint density at radius 2 is 2.07 bits per heavy atom. The number of amides is 1. The maximum atomic E-state index is 12.6. The number of thiazole rings is 1. The molecule has 29 heavy (non-hydrogen) atoms. The van der Waals surface area contributed by atoms with E-state index in [2.05, 4.69) is 26.5 Å². The molecule has 9 heteroatoms. The van der Waals surface area contributed by atoms with Gasteiger partial charge < -0.3 is 0 Å². The molecule has 1 aromatic carbocycles. The molecular weight excluding hydrogens is 408 g/mol. The van der Waals surface area contributed by atoms with Crippen LogP contribution in [0.2, 0.25) is 5.15 Å². The van der Waals surface area contributed by atoms with Crippen LogP contribution in [0, 0.1) is 11.3 Å². The van der Waals surface area contributed by atoms with Gasteiger partial charge in [-0.1, -0.05) is 41.9 Å². The number of hydrogen-bond acceptors (Lipinski definition) is 6. The van der Waals surface area contributed by atoms with Gasteiger partial charge in [-0.05, 0) is 17.7 Å². The fraction of sp³-hybridized carbons (Fsp3) is 0.0500. The molecule has 0 atom stereocenters. The van der Waals surface area contributed by atoms with Crippen LogP contribution >= 0.6 is 22.9 Å². The van der Waals surface area contributed by atoms with Crippen molar-refractivity contribution in [3.05, 3.63) is 82.1 Å². The molecule has 142 valence electrons. The first-order valence-electron chi connectivity index (χ1n) is 8.53. The third kappa shape index (κ3) is 4.01. The minimum atomic E-state index is -0.406. The van der Waals surface area contributed by atoms with Gasteiger partial charge in [0, 0.05) is 11.6 Å². The fourth-order valence-corrected chi connectivity index (χ4v) is 3.62. The van der Waals surface area contributed by atoms with Crippen LogP contribution < -0.4 is 5.32 Å². The number of carbonyl (C=O) groups is 1. The van der Waals surface area contributed by atoms with Gasteiger partial charge >= 0.3 is 0 Å². The Labute approximate surface area is 175 Å². The van der Waals surface area contributed by atoms with Crippen molar-refractivity contribution in [1.29, 1.82) is 5.26 Å². The van der Waals surface area contributed by atoms with E-state index < -0.39 is 5.91 Å². The van der Waals surface area contributed by atoms with Crippen molar-refractivity contribution in [3.8, 4) is 17.5 Å². The molecule has 1 N–H and O–H groups in total. The number of anilines is 1. The predicted molar refractivity (Wildman–Crippen MR) is 111 cm³/mol. The lowest BCUT2D eigenvalue weighted by Crippen LogP contribution is -2.12. The van der Waals surface area contributed by atoms with E-state index in [1.807, 2.05) is 30.3 Å². The van der Waals surface area contributed by atoms with Crippen LogP contribution in [-0.2, 0) is 6.54 Å². The van der Waals surface area contributed by atoms with Gasteiger partial charge in [-0.25, -0.2) is 9.67 Å². The number of aromatic nitrogens is 4. The molecule has 0 saturated heterocycles. The van der Waals surface area contributed by atoms with Crippen molar-refractivity contribution in [2.45, 2.75) is 6.54 Å². The Hall–Kier alpha value is -3.54. The zero-order chi connectivity index (χ0) is 20.2. The minimum absolute atomic E-state index is 0.250. The summed E-state index contributed by atoms with van der Waals surface area (Å²) in [4.78, 5) is 21.2. The molecule has 0 saturated carbocycles. The van der Waals surface area contributed by atoms with Crippen LogP contribution in [0.5, 0.6) is 0 Å². The summed E-state index contributed by atoms with van der Waals surface area (Å²) in [6.45, 7) is 0.463. The number of halogens is 1.